The molecule has 3 aromatic rings. The van der Waals surface area contributed by atoms with Crippen LogP contribution in [0.2, 0.25) is 0 Å². The largest absolute Gasteiger partial charge is 0.455 e. The van der Waals surface area contributed by atoms with E-state index in [-0.39, 0.29) is 18.9 Å². The molecule has 0 atom stereocenters. The molecule has 0 saturated carbocycles. The molecule has 0 spiro atoms. The second kappa shape index (κ2) is 8.53. The van der Waals surface area contributed by atoms with Gasteiger partial charge in [-0.3, -0.25) is 9.59 Å². The summed E-state index contributed by atoms with van der Waals surface area (Å²) in [5.74, 6) is -0.785. The first-order valence-corrected chi connectivity index (χ1v) is 10.2. The van der Waals surface area contributed by atoms with Gasteiger partial charge >= 0.3 is 5.97 Å². The highest BCUT2D eigenvalue weighted by Crippen LogP contribution is 2.24. The third-order valence-corrected chi connectivity index (χ3v) is 5.43. The van der Waals surface area contributed by atoms with Crippen LogP contribution in [0.3, 0.4) is 0 Å². The maximum absolute atomic E-state index is 12.3. The Labute approximate surface area is 175 Å². The zero-order valence-electron chi connectivity index (χ0n) is 17.3. The number of fused-ring (bicyclic) bond motifs is 1. The minimum atomic E-state index is -0.406. The Hall–Kier alpha value is -3.41. The number of esters is 1. The van der Waals surface area contributed by atoms with Gasteiger partial charge in [-0.2, -0.15) is 5.10 Å². The van der Waals surface area contributed by atoms with E-state index in [1.165, 1.54) is 17.5 Å². The Bertz CT molecular complexity index is 1090. The molecule has 154 valence electrons. The molecular formula is C24H25N3O3. The van der Waals surface area contributed by atoms with Gasteiger partial charge in [0.05, 0.1) is 29.2 Å². The summed E-state index contributed by atoms with van der Waals surface area (Å²) in [5, 5.41) is 7.33. The van der Waals surface area contributed by atoms with Gasteiger partial charge in [0.15, 0.2) is 6.61 Å². The number of benzene rings is 2. The van der Waals surface area contributed by atoms with Crippen molar-refractivity contribution in [2.75, 3.05) is 11.9 Å². The number of hydrogen-bond acceptors (Lipinski definition) is 4. The van der Waals surface area contributed by atoms with Gasteiger partial charge in [0, 0.05) is 0 Å². The SMILES string of the molecule is Cc1nn(-c2ccccc2)c(C)c1NC(=O)COC(=O)Cc1ccc2c(c1)CCC2. The van der Waals surface area contributed by atoms with Crippen LogP contribution in [0, 0.1) is 13.8 Å². The maximum Gasteiger partial charge on any atom is 0.310 e. The number of hydrogen-bond donors (Lipinski definition) is 1. The van der Waals surface area contributed by atoms with Gasteiger partial charge in [-0.1, -0.05) is 36.4 Å². The van der Waals surface area contributed by atoms with Crippen LogP contribution in [0.5, 0.6) is 0 Å². The number of nitrogens with one attached hydrogen (secondary N) is 1. The van der Waals surface area contributed by atoms with Crippen molar-refractivity contribution in [1.29, 1.82) is 0 Å². The molecule has 1 aromatic heterocycles. The van der Waals surface area contributed by atoms with Crippen LogP contribution < -0.4 is 5.32 Å². The fourth-order valence-electron chi connectivity index (χ4n) is 3.92. The number of para-hydroxylation sites is 1. The fourth-order valence-corrected chi connectivity index (χ4v) is 3.92. The van der Waals surface area contributed by atoms with E-state index in [9.17, 15) is 9.59 Å². The smallest absolute Gasteiger partial charge is 0.310 e. The minimum absolute atomic E-state index is 0.171. The number of aryl methyl sites for hydroxylation is 3. The summed E-state index contributed by atoms with van der Waals surface area (Å²) < 4.78 is 6.97. The summed E-state index contributed by atoms with van der Waals surface area (Å²) in [6.45, 7) is 3.41. The standard InChI is InChI=1S/C24H25N3O3/c1-16-24(17(2)27(26-16)21-9-4-3-5-10-21)25-22(28)15-30-23(29)14-18-11-12-19-7-6-8-20(19)13-18/h3-5,9-13H,6-8,14-15H2,1-2H3,(H,25,28). The lowest BCUT2D eigenvalue weighted by molar-refractivity contribution is -0.146. The molecule has 4 rings (SSSR count). The van der Waals surface area contributed by atoms with Crippen molar-refractivity contribution >= 4 is 17.6 Å². The Kier molecular flexibility index (Phi) is 5.65. The van der Waals surface area contributed by atoms with E-state index >= 15 is 0 Å². The third kappa shape index (κ3) is 4.27. The monoisotopic (exact) mass is 403 g/mol. The van der Waals surface area contributed by atoms with Crippen molar-refractivity contribution in [2.45, 2.75) is 39.5 Å². The molecule has 0 aliphatic heterocycles. The van der Waals surface area contributed by atoms with E-state index in [2.05, 4.69) is 22.5 Å². The Morgan fingerprint density at radius 2 is 1.83 bits per heavy atom. The number of rotatable bonds is 6. The summed E-state index contributed by atoms with van der Waals surface area (Å²) in [5.41, 5.74) is 6.69. The summed E-state index contributed by atoms with van der Waals surface area (Å²) in [6, 6.07) is 15.8. The van der Waals surface area contributed by atoms with E-state index in [1.807, 2.05) is 50.2 Å². The molecule has 0 bridgehead atoms. The number of anilines is 1. The van der Waals surface area contributed by atoms with E-state index < -0.39 is 5.97 Å². The zero-order chi connectivity index (χ0) is 21.1. The Morgan fingerprint density at radius 3 is 2.63 bits per heavy atom. The molecule has 1 aliphatic carbocycles. The van der Waals surface area contributed by atoms with Crippen molar-refractivity contribution in [3.05, 3.63) is 76.6 Å². The predicted molar refractivity (Wildman–Crippen MR) is 115 cm³/mol. The zero-order valence-corrected chi connectivity index (χ0v) is 17.3. The minimum Gasteiger partial charge on any atom is -0.455 e. The molecule has 1 amide bonds. The lowest BCUT2D eigenvalue weighted by Crippen LogP contribution is -2.22. The van der Waals surface area contributed by atoms with Crippen LogP contribution in [0.25, 0.3) is 5.69 Å². The van der Waals surface area contributed by atoms with Gasteiger partial charge in [0.1, 0.15) is 0 Å². The first-order chi connectivity index (χ1) is 14.5. The molecule has 1 heterocycles. The molecule has 0 radical (unpaired) electrons. The number of ether oxygens (including phenoxy) is 1. The van der Waals surface area contributed by atoms with Gasteiger partial charge in [0.25, 0.3) is 5.91 Å². The second-order valence-corrected chi connectivity index (χ2v) is 7.64. The lowest BCUT2D eigenvalue weighted by Gasteiger charge is -2.08. The second-order valence-electron chi connectivity index (χ2n) is 7.64. The highest BCUT2D eigenvalue weighted by molar-refractivity contribution is 5.94. The van der Waals surface area contributed by atoms with Crippen molar-refractivity contribution < 1.29 is 14.3 Å². The molecule has 6 heteroatoms. The molecule has 1 aliphatic rings. The highest BCUT2D eigenvalue weighted by Gasteiger charge is 2.17. The Morgan fingerprint density at radius 1 is 1.07 bits per heavy atom. The number of carbonyl (C=O) groups excluding carboxylic acids is 2. The molecule has 0 unspecified atom stereocenters. The quantitative estimate of drug-likeness (QED) is 0.637. The van der Waals surface area contributed by atoms with E-state index in [0.29, 0.717) is 11.4 Å². The molecule has 0 fully saturated rings. The van der Waals surface area contributed by atoms with Crippen molar-refractivity contribution in [1.82, 2.24) is 9.78 Å². The maximum atomic E-state index is 12.3. The average molecular weight is 403 g/mol. The number of carbonyl (C=O) groups is 2. The van der Waals surface area contributed by atoms with E-state index in [1.54, 1.807) is 4.68 Å². The van der Waals surface area contributed by atoms with Crippen molar-refractivity contribution in [3.63, 3.8) is 0 Å². The molecular weight excluding hydrogens is 378 g/mol. The first-order valence-electron chi connectivity index (χ1n) is 10.2. The van der Waals surface area contributed by atoms with Gasteiger partial charge in [-0.25, -0.2) is 4.68 Å². The van der Waals surface area contributed by atoms with Gasteiger partial charge in [-0.15, -0.1) is 0 Å². The van der Waals surface area contributed by atoms with Crippen LogP contribution in [0.1, 0.15) is 34.5 Å². The number of aromatic nitrogens is 2. The van der Waals surface area contributed by atoms with Crippen LogP contribution in [0.15, 0.2) is 48.5 Å². The lowest BCUT2D eigenvalue weighted by atomic mass is 10.0. The van der Waals surface area contributed by atoms with Gasteiger partial charge in [-0.05, 0) is 61.9 Å². The molecule has 6 nitrogen and oxygen atoms in total. The van der Waals surface area contributed by atoms with Gasteiger partial charge in [0.2, 0.25) is 0 Å². The summed E-state index contributed by atoms with van der Waals surface area (Å²) in [7, 11) is 0. The molecule has 0 saturated heterocycles. The van der Waals surface area contributed by atoms with Crippen molar-refractivity contribution in [3.8, 4) is 5.69 Å². The van der Waals surface area contributed by atoms with Crippen LogP contribution in [-0.2, 0) is 33.6 Å². The van der Waals surface area contributed by atoms with Gasteiger partial charge < -0.3 is 10.1 Å². The van der Waals surface area contributed by atoms with E-state index in [0.717, 1.165) is 29.8 Å². The summed E-state index contributed by atoms with van der Waals surface area (Å²) in [6.07, 6.45) is 3.52. The van der Waals surface area contributed by atoms with Crippen LogP contribution >= 0.6 is 0 Å². The Balaban J connectivity index is 1.34. The predicted octanol–water partition coefficient (Wildman–Crippen LogP) is 3.70. The number of nitrogens with zero attached hydrogens (tertiary/aromatic N) is 2. The topological polar surface area (TPSA) is 73.2 Å². The molecule has 2 aromatic carbocycles. The summed E-state index contributed by atoms with van der Waals surface area (Å²) >= 11 is 0. The summed E-state index contributed by atoms with van der Waals surface area (Å²) in [4.78, 5) is 24.5. The average Bonchev–Trinajstić information content (AvgIpc) is 3.32. The highest BCUT2D eigenvalue weighted by atomic mass is 16.5. The molecule has 1 N–H and O–H groups in total. The third-order valence-electron chi connectivity index (χ3n) is 5.43. The normalized spacial score (nSPS) is 12.5. The molecule has 30 heavy (non-hydrogen) atoms. The fraction of sp³-hybridized carbons (Fsp3) is 0.292. The first kappa shape index (κ1) is 19.9. The number of amides is 1. The van der Waals surface area contributed by atoms with Crippen molar-refractivity contribution in [2.24, 2.45) is 0 Å². The van der Waals surface area contributed by atoms with E-state index in [4.69, 9.17) is 4.74 Å². The van der Waals surface area contributed by atoms with Crippen LogP contribution in [0.4, 0.5) is 5.69 Å². The van der Waals surface area contributed by atoms with Crippen LogP contribution in [-0.4, -0.2) is 28.3 Å².